The molecule has 1 aliphatic rings. The molecule has 1 amide bonds. The highest BCUT2D eigenvalue weighted by Gasteiger charge is 2.37. The summed E-state index contributed by atoms with van der Waals surface area (Å²) in [5, 5.41) is 3.12. The summed E-state index contributed by atoms with van der Waals surface area (Å²) in [6.07, 6.45) is 4.88. The van der Waals surface area contributed by atoms with E-state index in [1.165, 1.54) is 12.8 Å². The van der Waals surface area contributed by atoms with Gasteiger partial charge in [0.05, 0.1) is 0 Å². The molecule has 3 N–H and O–H groups in total. The first-order valence-electron chi connectivity index (χ1n) is 7.49. The zero-order valence-electron chi connectivity index (χ0n) is 13.2. The topological polar surface area (TPSA) is 58.4 Å². The van der Waals surface area contributed by atoms with Crippen molar-refractivity contribution in [1.82, 2.24) is 10.2 Å². The van der Waals surface area contributed by atoms with Crippen LogP contribution in [0.3, 0.4) is 0 Å². The van der Waals surface area contributed by atoms with Gasteiger partial charge in [0.15, 0.2) is 0 Å². The van der Waals surface area contributed by atoms with Crippen molar-refractivity contribution in [3.63, 3.8) is 0 Å². The molecule has 0 bridgehead atoms. The molecule has 1 saturated carbocycles. The first-order chi connectivity index (χ1) is 8.78. The second-order valence-electron chi connectivity index (χ2n) is 6.69. The molecular weight excluding hydrogens is 238 g/mol. The summed E-state index contributed by atoms with van der Waals surface area (Å²) >= 11 is 0. The molecule has 4 heteroatoms. The molecule has 0 spiro atoms. The molecule has 0 saturated heterocycles. The molecule has 1 aliphatic carbocycles. The van der Waals surface area contributed by atoms with Crippen LogP contribution in [-0.4, -0.2) is 43.0 Å². The standard InChI is InChI=1S/C15H31N3O/c1-11-7-6-8-15(9-11,18(4)5)10-17-14(19)12(2)13(3)16/h11-13H,6-10,16H2,1-5H3,(H,17,19). The van der Waals surface area contributed by atoms with E-state index >= 15 is 0 Å². The van der Waals surface area contributed by atoms with Crippen LogP contribution in [0, 0.1) is 11.8 Å². The quantitative estimate of drug-likeness (QED) is 0.797. The maximum Gasteiger partial charge on any atom is 0.224 e. The van der Waals surface area contributed by atoms with Crippen molar-refractivity contribution in [3.05, 3.63) is 0 Å². The number of carbonyl (C=O) groups excluding carboxylic acids is 1. The summed E-state index contributed by atoms with van der Waals surface area (Å²) in [6, 6.07) is -0.0967. The van der Waals surface area contributed by atoms with Gasteiger partial charge in [-0.15, -0.1) is 0 Å². The van der Waals surface area contributed by atoms with Crippen molar-refractivity contribution < 1.29 is 4.79 Å². The Morgan fingerprint density at radius 2 is 2.11 bits per heavy atom. The highest BCUT2D eigenvalue weighted by atomic mass is 16.1. The van der Waals surface area contributed by atoms with Gasteiger partial charge in [0.25, 0.3) is 0 Å². The lowest BCUT2D eigenvalue weighted by Crippen LogP contribution is -2.56. The zero-order chi connectivity index (χ0) is 14.6. The van der Waals surface area contributed by atoms with Crippen molar-refractivity contribution in [2.45, 2.75) is 58.0 Å². The van der Waals surface area contributed by atoms with E-state index in [1.54, 1.807) is 0 Å². The van der Waals surface area contributed by atoms with Crippen molar-refractivity contribution in [2.75, 3.05) is 20.6 Å². The van der Waals surface area contributed by atoms with Gasteiger partial charge in [-0.25, -0.2) is 0 Å². The lowest BCUT2D eigenvalue weighted by atomic mass is 9.75. The van der Waals surface area contributed by atoms with Gasteiger partial charge < -0.3 is 16.0 Å². The highest BCUT2D eigenvalue weighted by Crippen LogP contribution is 2.35. The smallest absolute Gasteiger partial charge is 0.224 e. The molecule has 4 nitrogen and oxygen atoms in total. The van der Waals surface area contributed by atoms with E-state index < -0.39 is 0 Å². The number of rotatable bonds is 5. The Morgan fingerprint density at radius 3 is 2.58 bits per heavy atom. The Balaban J connectivity index is 2.62. The first kappa shape index (κ1) is 16.4. The number of nitrogens with zero attached hydrogens (tertiary/aromatic N) is 1. The van der Waals surface area contributed by atoms with E-state index in [1.807, 2.05) is 13.8 Å². The fourth-order valence-corrected chi connectivity index (χ4v) is 3.01. The van der Waals surface area contributed by atoms with E-state index in [-0.39, 0.29) is 23.4 Å². The van der Waals surface area contributed by atoms with Crippen LogP contribution in [0.25, 0.3) is 0 Å². The summed E-state index contributed by atoms with van der Waals surface area (Å²) in [4.78, 5) is 14.4. The number of carbonyl (C=O) groups is 1. The maximum atomic E-state index is 12.1. The molecule has 112 valence electrons. The third-order valence-corrected chi connectivity index (χ3v) is 4.81. The molecule has 1 fully saturated rings. The fourth-order valence-electron chi connectivity index (χ4n) is 3.01. The first-order valence-corrected chi connectivity index (χ1v) is 7.49. The SMILES string of the molecule is CC1CCCC(CNC(=O)C(C)C(C)N)(N(C)C)C1. The molecule has 0 aromatic carbocycles. The minimum absolute atomic E-state index is 0.0782. The predicted octanol–water partition coefficient (Wildman–Crippen LogP) is 1.60. The van der Waals surface area contributed by atoms with Gasteiger partial charge in [-0.05, 0) is 39.8 Å². The van der Waals surface area contributed by atoms with E-state index in [2.05, 4.69) is 31.2 Å². The molecular formula is C15H31N3O. The minimum Gasteiger partial charge on any atom is -0.354 e. The second-order valence-corrected chi connectivity index (χ2v) is 6.69. The number of hydrogen-bond acceptors (Lipinski definition) is 3. The Morgan fingerprint density at radius 1 is 1.47 bits per heavy atom. The fraction of sp³-hybridized carbons (Fsp3) is 0.933. The average molecular weight is 269 g/mol. The lowest BCUT2D eigenvalue weighted by Gasteiger charge is -2.45. The number of hydrogen-bond donors (Lipinski definition) is 2. The minimum atomic E-state index is -0.125. The van der Waals surface area contributed by atoms with Crippen molar-refractivity contribution in [3.8, 4) is 0 Å². The number of amides is 1. The average Bonchev–Trinajstić information content (AvgIpc) is 2.34. The summed E-state index contributed by atoms with van der Waals surface area (Å²) in [5.41, 5.74) is 5.91. The molecule has 4 unspecified atom stereocenters. The van der Waals surface area contributed by atoms with E-state index in [0.29, 0.717) is 0 Å². The van der Waals surface area contributed by atoms with Crippen LogP contribution < -0.4 is 11.1 Å². The molecule has 0 aliphatic heterocycles. The second kappa shape index (κ2) is 6.71. The molecule has 4 atom stereocenters. The summed E-state index contributed by atoms with van der Waals surface area (Å²) in [7, 11) is 4.25. The van der Waals surface area contributed by atoms with Crippen LogP contribution in [0.2, 0.25) is 0 Å². The van der Waals surface area contributed by atoms with Gasteiger partial charge in [0.2, 0.25) is 5.91 Å². The van der Waals surface area contributed by atoms with Crippen LogP contribution in [0.5, 0.6) is 0 Å². The summed E-state index contributed by atoms with van der Waals surface area (Å²) in [6.45, 7) is 6.82. The Kier molecular flexibility index (Phi) is 5.81. The summed E-state index contributed by atoms with van der Waals surface area (Å²) in [5.74, 6) is 0.689. The van der Waals surface area contributed by atoms with Crippen LogP contribution in [0.1, 0.15) is 46.5 Å². The van der Waals surface area contributed by atoms with E-state index in [4.69, 9.17) is 5.73 Å². The summed E-state index contributed by atoms with van der Waals surface area (Å²) < 4.78 is 0. The molecule has 19 heavy (non-hydrogen) atoms. The van der Waals surface area contributed by atoms with Gasteiger partial charge in [0.1, 0.15) is 0 Å². The largest absolute Gasteiger partial charge is 0.354 e. The predicted molar refractivity (Wildman–Crippen MR) is 79.9 cm³/mol. The highest BCUT2D eigenvalue weighted by molar-refractivity contribution is 5.79. The van der Waals surface area contributed by atoms with Gasteiger partial charge in [-0.3, -0.25) is 4.79 Å². The maximum absolute atomic E-state index is 12.1. The number of likely N-dealkylation sites (N-methyl/N-ethyl adjacent to an activating group) is 1. The van der Waals surface area contributed by atoms with Gasteiger partial charge in [0, 0.05) is 24.0 Å². The van der Waals surface area contributed by atoms with Crippen LogP contribution in [0.15, 0.2) is 0 Å². The third kappa shape index (κ3) is 4.18. The monoisotopic (exact) mass is 269 g/mol. The van der Waals surface area contributed by atoms with Crippen molar-refractivity contribution >= 4 is 5.91 Å². The molecule has 0 heterocycles. The molecule has 0 aromatic rings. The molecule has 1 rings (SSSR count). The van der Waals surface area contributed by atoms with Gasteiger partial charge in [-0.1, -0.05) is 26.7 Å². The van der Waals surface area contributed by atoms with Gasteiger partial charge >= 0.3 is 0 Å². The van der Waals surface area contributed by atoms with Gasteiger partial charge in [-0.2, -0.15) is 0 Å². The van der Waals surface area contributed by atoms with Crippen LogP contribution in [-0.2, 0) is 4.79 Å². The molecule has 0 aromatic heterocycles. The normalized spacial score (nSPS) is 31.0. The van der Waals surface area contributed by atoms with Crippen molar-refractivity contribution in [1.29, 1.82) is 0 Å². The Bertz CT molecular complexity index is 304. The number of nitrogens with two attached hydrogens (primary N) is 1. The Hall–Kier alpha value is -0.610. The zero-order valence-corrected chi connectivity index (χ0v) is 13.2. The van der Waals surface area contributed by atoms with Crippen LogP contribution >= 0.6 is 0 Å². The number of nitrogens with one attached hydrogen (secondary N) is 1. The van der Waals surface area contributed by atoms with Crippen LogP contribution in [0.4, 0.5) is 0 Å². The lowest BCUT2D eigenvalue weighted by molar-refractivity contribution is -0.125. The molecule has 0 radical (unpaired) electrons. The van der Waals surface area contributed by atoms with E-state index in [0.717, 1.165) is 25.3 Å². The van der Waals surface area contributed by atoms with Crippen molar-refractivity contribution in [2.24, 2.45) is 17.6 Å². The Labute approximate surface area is 118 Å². The van der Waals surface area contributed by atoms with E-state index in [9.17, 15) is 4.79 Å². The third-order valence-electron chi connectivity index (χ3n) is 4.81.